The molecule has 7 nitrogen and oxygen atoms in total. The summed E-state index contributed by atoms with van der Waals surface area (Å²) in [5.41, 5.74) is 5.76. The van der Waals surface area contributed by atoms with Gasteiger partial charge < -0.3 is 15.6 Å². The van der Waals surface area contributed by atoms with Crippen molar-refractivity contribution in [3.8, 4) is 0 Å². The molecular formula is C11H15N7S. The van der Waals surface area contributed by atoms with Gasteiger partial charge in [-0.25, -0.2) is 4.98 Å². The summed E-state index contributed by atoms with van der Waals surface area (Å²) in [6, 6.07) is 0. The van der Waals surface area contributed by atoms with E-state index in [-0.39, 0.29) is 5.95 Å². The lowest BCUT2D eigenvalue weighted by Crippen LogP contribution is -2.31. The second-order valence-electron chi connectivity index (χ2n) is 4.32. The van der Waals surface area contributed by atoms with Crippen LogP contribution in [-0.2, 0) is 0 Å². The normalized spacial score (nSPS) is 15.7. The van der Waals surface area contributed by atoms with Gasteiger partial charge in [-0.05, 0) is 31.0 Å². The molecule has 1 saturated heterocycles. The number of aromatic amines is 1. The van der Waals surface area contributed by atoms with E-state index in [0.29, 0.717) is 11.1 Å². The average molecular weight is 277 g/mol. The van der Waals surface area contributed by atoms with Gasteiger partial charge in [-0.15, -0.1) is 0 Å². The Labute approximate surface area is 115 Å². The number of hydrogen-bond acceptors (Lipinski definition) is 7. The SMILES string of the molecule is Nc1nc(Sc2ncc[nH]2)nc(N2CCCCC2)n1. The molecule has 1 aliphatic heterocycles. The van der Waals surface area contributed by atoms with Crippen molar-refractivity contribution in [2.75, 3.05) is 23.7 Å². The highest BCUT2D eigenvalue weighted by molar-refractivity contribution is 7.99. The molecule has 19 heavy (non-hydrogen) atoms. The van der Waals surface area contributed by atoms with Crippen LogP contribution in [0.15, 0.2) is 22.7 Å². The molecule has 0 unspecified atom stereocenters. The first-order valence-electron chi connectivity index (χ1n) is 6.25. The third-order valence-corrected chi connectivity index (χ3v) is 3.70. The minimum atomic E-state index is 0.254. The quantitative estimate of drug-likeness (QED) is 0.873. The molecule has 0 atom stereocenters. The van der Waals surface area contributed by atoms with E-state index >= 15 is 0 Å². The number of nitrogens with two attached hydrogens (primary N) is 1. The van der Waals surface area contributed by atoms with Crippen LogP contribution >= 0.6 is 11.8 Å². The molecule has 1 aliphatic rings. The van der Waals surface area contributed by atoms with E-state index < -0.39 is 0 Å². The van der Waals surface area contributed by atoms with Gasteiger partial charge in [0.25, 0.3) is 0 Å². The van der Waals surface area contributed by atoms with E-state index in [1.165, 1.54) is 31.0 Å². The van der Waals surface area contributed by atoms with Crippen LogP contribution < -0.4 is 10.6 Å². The van der Waals surface area contributed by atoms with Gasteiger partial charge in [-0.2, -0.15) is 15.0 Å². The highest BCUT2D eigenvalue weighted by Gasteiger charge is 2.16. The first-order chi connectivity index (χ1) is 9.31. The number of nitrogen functional groups attached to an aromatic ring is 1. The molecule has 3 heterocycles. The summed E-state index contributed by atoms with van der Waals surface area (Å²) in [7, 11) is 0. The predicted molar refractivity (Wildman–Crippen MR) is 73.0 cm³/mol. The van der Waals surface area contributed by atoms with Crippen LogP contribution in [0, 0.1) is 0 Å². The second-order valence-corrected chi connectivity index (χ2v) is 5.28. The van der Waals surface area contributed by atoms with Gasteiger partial charge >= 0.3 is 0 Å². The van der Waals surface area contributed by atoms with Crippen LogP contribution in [0.1, 0.15) is 19.3 Å². The summed E-state index contributed by atoms with van der Waals surface area (Å²) < 4.78 is 0. The standard InChI is InChI=1S/C11H15N7S/c12-8-15-9(18-6-2-1-3-7-18)17-11(16-8)19-10-13-4-5-14-10/h4-5H,1-3,6-7H2,(H,13,14)(H2,12,15,16,17). The highest BCUT2D eigenvalue weighted by atomic mass is 32.2. The fraction of sp³-hybridized carbons (Fsp3) is 0.455. The number of imidazole rings is 1. The molecule has 100 valence electrons. The summed E-state index contributed by atoms with van der Waals surface area (Å²) in [5.74, 6) is 0.922. The summed E-state index contributed by atoms with van der Waals surface area (Å²) >= 11 is 1.35. The van der Waals surface area contributed by atoms with Crippen molar-refractivity contribution >= 4 is 23.7 Å². The van der Waals surface area contributed by atoms with E-state index in [4.69, 9.17) is 5.73 Å². The molecule has 2 aromatic heterocycles. The Morgan fingerprint density at radius 3 is 2.74 bits per heavy atom. The Balaban J connectivity index is 1.82. The number of anilines is 2. The summed E-state index contributed by atoms with van der Waals surface area (Å²) in [6.45, 7) is 1.96. The molecule has 0 bridgehead atoms. The molecular weight excluding hydrogens is 262 g/mol. The van der Waals surface area contributed by atoms with Crippen LogP contribution in [0.25, 0.3) is 0 Å². The van der Waals surface area contributed by atoms with E-state index in [1.54, 1.807) is 12.4 Å². The van der Waals surface area contributed by atoms with Crippen molar-refractivity contribution in [1.82, 2.24) is 24.9 Å². The lowest BCUT2D eigenvalue weighted by atomic mass is 10.1. The fourth-order valence-corrected chi connectivity index (χ4v) is 2.71. The maximum atomic E-state index is 5.76. The smallest absolute Gasteiger partial charge is 0.231 e. The van der Waals surface area contributed by atoms with Gasteiger partial charge in [-0.3, -0.25) is 0 Å². The van der Waals surface area contributed by atoms with E-state index in [1.807, 2.05) is 0 Å². The number of rotatable bonds is 3. The van der Waals surface area contributed by atoms with Gasteiger partial charge in [-0.1, -0.05) is 0 Å². The van der Waals surface area contributed by atoms with Crippen molar-refractivity contribution in [2.45, 2.75) is 29.6 Å². The molecule has 0 saturated carbocycles. The predicted octanol–water partition coefficient (Wildman–Crippen LogP) is 1.32. The number of aromatic nitrogens is 5. The largest absolute Gasteiger partial charge is 0.368 e. The van der Waals surface area contributed by atoms with Gasteiger partial charge in [0.05, 0.1) is 0 Å². The molecule has 0 aliphatic carbocycles. The molecule has 1 fully saturated rings. The number of piperidine rings is 1. The Hall–Kier alpha value is -1.83. The third kappa shape index (κ3) is 2.95. The van der Waals surface area contributed by atoms with Crippen molar-refractivity contribution in [1.29, 1.82) is 0 Å². The molecule has 0 amide bonds. The average Bonchev–Trinajstić information content (AvgIpc) is 2.92. The lowest BCUT2D eigenvalue weighted by Gasteiger charge is -2.26. The molecule has 2 aromatic rings. The number of nitrogens with zero attached hydrogens (tertiary/aromatic N) is 5. The molecule has 8 heteroatoms. The second kappa shape index (κ2) is 5.43. The van der Waals surface area contributed by atoms with Gasteiger partial charge in [0.15, 0.2) is 5.16 Å². The summed E-state index contributed by atoms with van der Waals surface area (Å²) in [5, 5.41) is 1.32. The minimum Gasteiger partial charge on any atom is -0.368 e. The zero-order valence-electron chi connectivity index (χ0n) is 10.4. The fourth-order valence-electron chi connectivity index (χ4n) is 2.04. The zero-order valence-corrected chi connectivity index (χ0v) is 11.2. The molecule has 0 radical (unpaired) electrons. The molecule has 3 N–H and O–H groups in total. The van der Waals surface area contributed by atoms with Crippen LogP contribution in [0.5, 0.6) is 0 Å². The van der Waals surface area contributed by atoms with Crippen molar-refractivity contribution in [3.05, 3.63) is 12.4 Å². The number of nitrogens with one attached hydrogen (secondary N) is 1. The van der Waals surface area contributed by atoms with Gasteiger partial charge in [0, 0.05) is 25.5 Å². The number of H-pyrrole nitrogens is 1. The summed E-state index contributed by atoms with van der Waals surface area (Å²) in [6.07, 6.45) is 7.07. The summed E-state index contributed by atoms with van der Waals surface area (Å²) in [4.78, 5) is 22.1. The first kappa shape index (κ1) is 12.2. The Morgan fingerprint density at radius 2 is 2.00 bits per heavy atom. The molecule has 3 rings (SSSR count). The van der Waals surface area contributed by atoms with Crippen LogP contribution in [-0.4, -0.2) is 38.0 Å². The number of hydrogen-bond donors (Lipinski definition) is 2. The Morgan fingerprint density at radius 1 is 1.16 bits per heavy atom. The monoisotopic (exact) mass is 277 g/mol. The topological polar surface area (TPSA) is 96.6 Å². The Bertz CT molecular complexity index is 536. The lowest BCUT2D eigenvalue weighted by molar-refractivity contribution is 0.565. The Kier molecular flexibility index (Phi) is 3.49. The first-order valence-corrected chi connectivity index (χ1v) is 7.06. The maximum Gasteiger partial charge on any atom is 0.231 e. The molecule has 0 aromatic carbocycles. The van der Waals surface area contributed by atoms with E-state index in [2.05, 4.69) is 29.8 Å². The highest BCUT2D eigenvalue weighted by Crippen LogP contribution is 2.24. The zero-order chi connectivity index (χ0) is 13.1. The van der Waals surface area contributed by atoms with Crippen molar-refractivity contribution in [3.63, 3.8) is 0 Å². The van der Waals surface area contributed by atoms with Crippen LogP contribution in [0.3, 0.4) is 0 Å². The van der Waals surface area contributed by atoms with Crippen molar-refractivity contribution in [2.24, 2.45) is 0 Å². The van der Waals surface area contributed by atoms with E-state index in [9.17, 15) is 0 Å². The van der Waals surface area contributed by atoms with E-state index in [0.717, 1.165) is 18.2 Å². The van der Waals surface area contributed by atoms with Crippen LogP contribution in [0.2, 0.25) is 0 Å². The van der Waals surface area contributed by atoms with Gasteiger partial charge in [0.2, 0.25) is 17.1 Å². The maximum absolute atomic E-state index is 5.76. The van der Waals surface area contributed by atoms with Crippen LogP contribution in [0.4, 0.5) is 11.9 Å². The van der Waals surface area contributed by atoms with Crippen molar-refractivity contribution < 1.29 is 0 Å². The van der Waals surface area contributed by atoms with Gasteiger partial charge in [0.1, 0.15) is 0 Å². The third-order valence-electron chi connectivity index (χ3n) is 2.92. The molecule has 0 spiro atoms. The minimum absolute atomic E-state index is 0.254.